The van der Waals surface area contributed by atoms with E-state index in [9.17, 15) is 0 Å². The Balaban J connectivity index is 2.06. The van der Waals surface area contributed by atoms with Gasteiger partial charge >= 0.3 is 0 Å². The highest BCUT2D eigenvalue weighted by atomic mass is 15.2. The third-order valence-electron chi connectivity index (χ3n) is 3.65. The Hall–Kier alpha value is -0.860. The molecular formula is C15H24N2. The van der Waals surface area contributed by atoms with Crippen molar-refractivity contribution in [2.45, 2.75) is 38.1 Å². The second-order valence-electron chi connectivity index (χ2n) is 6.38. The second-order valence-corrected chi connectivity index (χ2v) is 6.38. The van der Waals surface area contributed by atoms with Crippen molar-refractivity contribution in [2.75, 3.05) is 19.6 Å². The van der Waals surface area contributed by atoms with E-state index in [4.69, 9.17) is 5.73 Å². The van der Waals surface area contributed by atoms with Crippen LogP contribution in [0.5, 0.6) is 0 Å². The van der Waals surface area contributed by atoms with Crippen molar-refractivity contribution in [1.29, 1.82) is 0 Å². The van der Waals surface area contributed by atoms with Gasteiger partial charge in [0.1, 0.15) is 0 Å². The van der Waals surface area contributed by atoms with Crippen LogP contribution in [0.4, 0.5) is 0 Å². The molecule has 2 nitrogen and oxygen atoms in total. The highest BCUT2D eigenvalue weighted by Crippen LogP contribution is 2.34. The molecule has 17 heavy (non-hydrogen) atoms. The number of likely N-dealkylation sites (tertiary alicyclic amines) is 1. The molecule has 1 aromatic rings. The molecule has 2 N–H and O–H groups in total. The monoisotopic (exact) mass is 232 g/mol. The zero-order valence-corrected chi connectivity index (χ0v) is 11.2. The molecule has 0 spiro atoms. The fourth-order valence-corrected chi connectivity index (χ4v) is 2.84. The van der Waals surface area contributed by atoms with E-state index in [0.29, 0.717) is 5.41 Å². The van der Waals surface area contributed by atoms with E-state index in [-0.39, 0.29) is 5.54 Å². The Morgan fingerprint density at radius 2 is 1.94 bits per heavy atom. The van der Waals surface area contributed by atoms with Gasteiger partial charge in [0, 0.05) is 24.0 Å². The van der Waals surface area contributed by atoms with Crippen LogP contribution in [0.1, 0.15) is 32.8 Å². The van der Waals surface area contributed by atoms with Crippen LogP contribution in [0.25, 0.3) is 0 Å². The number of nitrogens with zero attached hydrogens (tertiary/aromatic N) is 1. The van der Waals surface area contributed by atoms with E-state index in [2.05, 4.69) is 56.0 Å². The van der Waals surface area contributed by atoms with Gasteiger partial charge in [-0.15, -0.1) is 0 Å². The van der Waals surface area contributed by atoms with E-state index in [1.165, 1.54) is 12.0 Å². The first-order chi connectivity index (χ1) is 7.89. The van der Waals surface area contributed by atoms with E-state index >= 15 is 0 Å². The maximum Gasteiger partial charge on any atom is 0.0226 e. The molecule has 0 saturated carbocycles. The zero-order valence-electron chi connectivity index (χ0n) is 11.2. The third-order valence-corrected chi connectivity index (χ3v) is 3.65. The van der Waals surface area contributed by atoms with Crippen LogP contribution in [-0.4, -0.2) is 30.1 Å². The molecule has 2 heteroatoms. The van der Waals surface area contributed by atoms with E-state index in [1.54, 1.807) is 0 Å². The molecule has 2 rings (SSSR count). The highest BCUT2D eigenvalue weighted by molar-refractivity contribution is 5.26. The number of hydrogen-bond acceptors (Lipinski definition) is 2. The standard InChI is InChI=1S/C15H24N2/c1-14(2,16)11-17-10-9-15(3,12-17)13-7-5-4-6-8-13/h4-8H,9-12,16H2,1-3H3. The molecule has 1 saturated heterocycles. The van der Waals surface area contributed by atoms with Crippen LogP contribution >= 0.6 is 0 Å². The van der Waals surface area contributed by atoms with E-state index in [1.807, 2.05) is 0 Å². The van der Waals surface area contributed by atoms with E-state index < -0.39 is 0 Å². The van der Waals surface area contributed by atoms with Gasteiger partial charge in [0.15, 0.2) is 0 Å². The van der Waals surface area contributed by atoms with Crippen molar-refractivity contribution in [3.63, 3.8) is 0 Å². The van der Waals surface area contributed by atoms with Gasteiger partial charge in [0.05, 0.1) is 0 Å². The first-order valence-electron chi connectivity index (χ1n) is 6.46. The van der Waals surface area contributed by atoms with Crippen LogP contribution in [0.3, 0.4) is 0 Å². The van der Waals surface area contributed by atoms with Crippen LogP contribution in [0, 0.1) is 0 Å². The third kappa shape index (κ3) is 3.08. The van der Waals surface area contributed by atoms with Crippen molar-refractivity contribution in [3.8, 4) is 0 Å². The molecule has 0 aliphatic carbocycles. The Morgan fingerprint density at radius 1 is 1.29 bits per heavy atom. The van der Waals surface area contributed by atoms with Crippen LogP contribution in [0.2, 0.25) is 0 Å². The Morgan fingerprint density at radius 3 is 2.53 bits per heavy atom. The molecule has 0 radical (unpaired) electrons. The minimum Gasteiger partial charge on any atom is -0.324 e. The summed E-state index contributed by atoms with van der Waals surface area (Å²) in [5.74, 6) is 0. The molecule has 0 aromatic heterocycles. The minimum atomic E-state index is -0.0953. The summed E-state index contributed by atoms with van der Waals surface area (Å²) in [7, 11) is 0. The lowest BCUT2D eigenvalue weighted by molar-refractivity contribution is 0.258. The van der Waals surface area contributed by atoms with Crippen molar-refractivity contribution in [1.82, 2.24) is 4.90 Å². The average Bonchev–Trinajstić information content (AvgIpc) is 2.60. The number of nitrogens with two attached hydrogens (primary N) is 1. The summed E-state index contributed by atoms with van der Waals surface area (Å²) in [6.45, 7) is 9.83. The highest BCUT2D eigenvalue weighted by Gasteiger charge is 2.36. The smallest absolute Gasteiger partial charge is 0.0226 e. The normalized spacial score (nSPS) is 26.4. The van der Waals surface area contributed by atoms with Crippen LogP contribution < -0.4 is 5.73 Å². The SMILES string of the molecule is CC(C)(N)CN1CCC(C)(c2ccccc2)C1. The van der Waals surface area contributed by atoms with Gasteiger partial charge in [0.2, 0.25) is 0 Å². The maximum absolute atomic E-state index is 6.10. The second kappa shape index (κ2) is 4.43. The van der Waals surface area contributed by atoms with Gasteiger partial charge in [-0.2, -0.15) is 0 Å². The fourth-order valence-electron chi connectivity index (χ4n) is 2.84. The fraction of sp³-hybridized carbons (Fsp3) is 0.600. The predicted octanol–water partition coefficient (Wildman–Crippen LogP) is 2.39. The molecule has 1 aliphatic heterocycles. The Labute approximate surface area is 105 Å². The zero-order chi connectivity index (χ0) is 12.5. The minimum absolute atomic E-state index is 0.0953. The van der Waals surface area contributed by atoms with Gasteiger partial charge in [0.25, 0.3) is 0 Å². The van der Waals surface area contributed by atoms with Crippen molar-refractivity contribution in [2.24, 2.45) is 5.73 Å². The average molecular weight is 232 g/mol. The van der Waals surface area contributed by atoms with Crippen LogP contribution in [0.15, 0.2) is 30.3 Å². The summed E-state index contributed by atoms with van der Waals surface area (Å²) in [5.41, 5.74) is 7.76. The van der Waals surface area contributed by atoms with E-state index in [0.717, 1.165) is 19.6 Å². The Bertz CT molecular complexity index is 366. The summed E-state index contributed by atoms with van der Waals surface area (Å²) >= 11 is 0. The topological polar surface area (TPSA) is 29.3 Å². The molecule has 0 amide bonds. The molecule has 1 fully saturated rings. The molecule has 94 valence electrons. The molecule has 1 heterocycles. The summed E-state index contributed by atoms with van der Waals surface area (Å²) < 4.78 is 0. The molecule has 1 aliphatic rings. The Kier molecular flexibility index (Phi) is 3.28. The van der Waals surface area contributed by atoms with Gasteiger partial charge < -0.3 is 10.6 Å². The molecule has 1 unspecified atom stereocenters. The number of hydrogen-bond donors (Lipinski definition) is 1. The lowest BCUT2D eigenvalue weighted by atomic mass is 9.82. The summed E-state index contributed by atoms with van der Waals surface area (Å²) in [6, 6.07) is 10.9. The number of rotatable bonds is 3. The lowest BCUT2D eigenvalue weighted by Crippen LogP contribution is -2.45. The van der Waals surface area contributed by atoms with Crippen molar-refractivity contribution < 1.29 is 0 Å². The molecular weight excluding hydrogens is 208 g/mol. The first-order valence-corrected chi connectivity index (χ1v) is 6.46. The summed E-state index contributed by atoms with van der Waals surface area (Å²) in [6.07, 6.45) is 1.23. The van der Waals surface area contributed by atoms with Gasteiger partial charge in [-0.1, -0.05) is 37.3 Å². The van der Waals surface area contributed by atoms with Crippen LogP contribution in [-0.2, 0) is 5.41 Å². The molecule has 0 bridgehead atoms. The summed E-state index contributed by atoms with van der Waals surface area (Å²) in [4.78, 5) is 2.49. The largest absolute Gasteiger partial charge is 0.324 e. The van der Waals surface area contributed by atoms with Crippen molar-refractivity contribution >= 4 is 0 Å². The van der Waals surface area contributed by atoms with Gasteiger partial charge in [-0.25, -0.2) is 0 Å². The van der Waals surface area contributed by atoms with Crippen molar-refractivity contribution in [3.05, 3.63) is 35.9 Å². The summed E-state index contributed by atoms with van der Waals surface area (Å²) in [5, 5.41) is 0. The maximum atomic E-state index is 6.10. The quantitative estimate of drug-likeness (QED) is 0.867. The van der Waals surface area contributed by atoms with Gasteiger partial charge in [-0.05, 0) is 32.4 Å². The number of benzene rings is 1. The lowest BCUT2D eigenvalue weighted by Gasteiger charge is -2.29. The molecule has 1 aromatic carbocycles. The predicted molar refractivity (Wildman–Crippen MR) is 73.1 cm³/mol. The first kappa shape index (κ1) is 12.6. The molecule has 1 atom stereocenters. The van der Waals surface area contributed by atoms with Gasteiger partial charge in [-0.3, -0.25) is 0 Å².